The summed E-state index contributed by atoms with van der Waals surface area (Å²) in [6.45, 7) is 9.84. The second-order valence-corrected chi connectivity index (χ2v) is 6.82. The Hall–Kier alpha value is -1.68. The molecule has 2 aromatic carbocycles. The summed E-state index contributed by atoms with van der Waals surface area (Å²) in [5.74, 6) is 0. The van der Waals surface area contributed by atoms with E-state index in [4.69, 9.17) is 4.74 Å². The van der Waals surface area contributed by atoms with Crippen molar-refractivity contribution in [2.75, 3.05) is 19.7 Å². The average Bonchev–Trinajstić information content (AvgIpc) is 2.58. The van der Waals surface area contributed by atoms with Gasteiger partial charge < -0.3 is 9.84 Å². The Kier molecular flexibility index (Phi) is 8.13. The van der Waals surface area contributed by atoms with Gasteiger partial charge in [-0.3, -0.25) is 4.90 Å². The molecule has 136 valence electrons. The lowest BCUT2D eigenvalue weighted by Crippen LogP contribution is -2.35. The molecule has 0 radical (unpaired) electrons. The van der Waals surface area contributed by atoms with E-state index in [1.54, 1.807) is 0 Å². The Morgan fingerprint density at radius 3 is 2.52 bits per heavy atom. The molecule has 0 aliphatic rings. The highest BCUT2D eigenvalue weighted by Crippen LogP contribution is 2.14. The minimum atomic E-state index is -0.471. The van der Waals surface area contributed by atoms with Crippen molar-refractivity contribution < 1.29 is 9.84 Å². The summed E-state index contributed by atoms with van der Waals surface area (Å²) in [7, 11) is 0. The van der Waals surface area contributed by atoms with Crippen LogP contribution in [0.3, 0.4) is 0 Å². The number of aryl methyl sites for hydroxylation is 2. The molecule has 0 aromatic heterocycles. The van der Waals surface area contributed by atoms with Crippen molar-refractivity contribution in [2.45, 2.75) is 46.4 Å². The maximum absolute atomic E-state index is 10.3. The second kappa shape index (κ2) is 10.3. The summed E-state index contributed by atoms with van der Waals surface area (Å²) in [4.78, 5) is 2.31. The molecule has 0 spiro atoms. The minimum absolute atomic E-state index is 0.363. The zero-order chi connectivity index (χ0) is 18.1. The Morgan fingerprint density at radius 1 is 1.08 bits per heavy atom. The van der Waals surface area contributed by atoms with Gasteiger partial charge in [-0.2, -0.15) is 0 Å². The van der Waals surface area contributed by atoms with Crippen LogP contribution in [0.25, 0.3) is 0 Å². The van der Waals surface area contributed by atoms with E-state index in [2.05, 4.69) is 43.9 Å². The maximum Gasteiger partial charge on any atom is 0.0900 e. The van der Waals surface area contributed by atoms with Gasteiger partial charge in [-0.25, -0.2) is 0 Å². The van der Waals surface area contributed by atoms with Gasteiger partial charge in [-0.05, 0) is 43.5 Å². The third-order valence-electron chi connectivity index (χ3n) is 4.32. The smallest absolute Gasteiger partial charge is 0.0900 e. The van der Waals surface area contributed by atoms with Crippen LogP contribution in [0.4, 0.5) is 0 Å². The molecule has 25 heavy (non-hydrogen) atoms. The molecule has 3 heteroatoms. The van der Waals surface area contributed by atoms with E-state index in [-0.39, 0.29) is 0 Å². The first kappa shape index (κ1) is 19.6. The predicted molar refractivity (Wildman–Crippen MR) is 104 cm³/mol. The topological polar surface area (TPSA) is 32.7 Å². The summed E-state index contributed by atoms with van der Waals surface area (Å²) < 4.78 is 5.67. The van der Waals surface area contributed by atoms with Crippen molar-refractivity contribution in [1.82, 2.24) is 4.90 Å². The molecule has 0 fully saturated rings. The first-order valence-corrected chi connectivity index (χ1v) is 9.16. The molecule has 0 saturated carbocycles. The Labute approximate surface area is 152 Å². The molecule has 1 atom stereocenters. The first-order valence-electron chi connectivity index (χ1n) is 9.16. The number of aliphatic hydroxyl groups is 1. The van der Waals surface area contributed by atoms with Gasteiger partial charge in [-0.15, -0.1) is 0 Å². The third kappa shape index (κ3) is 6.99. The highest BCUT2D eigenvalue weighted by atomic mass is 16.5. The lowest BCUT2D eigenvalue weighted by molar-refractivity contribution is 0.00854. The minimum Gasteiger partial charge on any atom is -0.389 e. The molecule has 2 rings (SSSR count). The largest absolute Gasteiger partial charge is 0.389 e. The van der Waals surface area contributed by atoms with E-state index in [0.717, 1.165) is 25.1 Å². The number of ether oxygens (including phenoxy) is 1. The lowest BCUT2D eigenvalue weighted by atomic mass is 10.1. The number of rotatable bonds is 10. The fraction of sp³-hybridized carbons (Fsp3) is 0.455. The second-order valence-electron chi connectivity index (χ2n) is 6.82. The quantitative estimate of drug-likeness (QED) is 0.706. The number of benzene rings is 2. The van der Waals surface area contributed by atoms with Crippen molar-refractivity contribution in [3.63, 3.8) is 0 Å². The third-order valence-corrected chi connectivity index (χ3v) is 4.32. The first-order chi connectivity index (χ1) is 12.1. The molecule has 0 saturated heterocycles. The number of aliphatic hydroxyl groups excluding tert-OH is 1. The van der Waals surface area contributed by atoms with Crippen LogP contribution >= 0.6 is 0 Å². The van der Waals surface area contributed by atoms with Crippen LogP contribution < -0.4 is 0 Å². The fourth-order valence-electron chi connectivity index (χ4n) is 3.05. The summed E-state index contributed by atoms with van der Waals surface area (Å²) in [5.41, 5.74) is 5.07. The highest BCUT2D eigenvalue weighted by molar-refractivity contribution is 5.30. The molecule has 0 amide bonds. The zero-order valence-electron chi connectivity index (χ0n) is 15.7. The van der Waals surface area contributed by atoms with Gasteiger partial charge in [0.2, 0.25) is 0 Å². The van der Waals surface area contributed by atoms with Crippen LogP contribution in [-0.4, -0.2) is 35.8 Å². The van der Waals surface area contributed by atoms with Crippen molar-refractivity contribution in [1.29, 1.82) is 0 Å². The van der Waals surface area contributed by atoms with E-state index in [0.29, 0.717) is 19.8 Å². The lowest BCUT2D eigenvalue weighted by Gasteiger charge is -2.25. The van der Waals surface area contributed by atoms with Gasteiger partial charge in [0, 0.05) is 13.1 Å². The average molecular weight is 341 g/mol. The van der Waals surface area contributed by atoms with Crippen LogP contribution in [0, 0.1) is 13.8 Å². The Morgan fingerprint density at radius 2 is 1.84 bits per heavy atom. The summed E-state index contributed by atoms with van der Waals surface area (Å²) in [6, 6.07) is 16.7. The predicted octanol–water partition coefficient (Wildman–Crippen LogP) is 4.09. The summed E-state index contributed by atoms with van der Waals surface area (Å²) in [6.07, 6.45) is 0.601. The van der Waals surface area contributed by atoms with Crippen molar-refractivity contribution in [3.05, 3.63) is 70.8 Å². The van der Waals surface area contributed by atoms with E-state index in [9.17, 15) is 5.11 Å². The number of nitrogens with zero attached hydrogens (tertiary/aromatic N) is 1. The molecular weight excluding hydrogens is 310 g/mol. The van der Waals surface area contributed by atoms with Crippen LogP contribution in [0.1, 0.15) is 35.6 Å². The molecule has 2 aromatic rings. The number of hydrogen-bond acceptors (Lipinski definition) is 3. The van der Waals surface area contributed by atoms with Crippen LogP contribution in [0.5, 0.6) is 0 Å². The van der Waals surface area contributed by atoms with Crippen LogP contribution in [-0.2, 0) is 17.9 Å². The van der Waals surface area contributed by atoms with Gasteiger partial charge in [0.25, 0.3) is 0 Å². The normalized spacial score (nSPS) is 12.5. The molecule has 0 aliphatic heterocycles. The van der Waals surface area contributed by atoms with Gasteiger partial charge in [0.1, 0.15) is 0 Å². The van der Waals surface area contributed by atoms with E-state index in [1.165, 1.54) is 16.7 Å². The van der Waals surface area contributed by atoms with E-state index >= 15 is 0 Å². The van der Waals surface area contributed by atoms with Crippen molar-refractivity contribution in [3.8, 4) is 0 Å². The molecule has 0 aliphatic carbocycles. The number of hydrogen-bond donors (Lipinski definition) is 1. The molecule has 0 bridgehead atoms. The van der Waals surface area contributed by atoms with Crippen molar-refractivity contribution in [2.24, 2.45) is 0 Å². The molecule has 0 heterocycles. The molecule has 3 nitrogen and oxygen atoms in total. The maximum atomic E-state index is 10.3. The van der Waals surface area contributed by atoms with Crippen LogP contribution in [0.15, 0.2) is 48.5 Å². The van der Waals surface area contributed by atoms with E-state index < -0.39 is 6.10 Å². The standard InChI is InChI=1S/C22H31NO2/c1-4-12-23(14-21-11-10-18(2)13-19(21)3)15-22(24)17-25-16-20-8-6-5-7-9-20/h5-11,13,22,24H,4,12,14-17H2,1-3H3/t22-/m0/s1. The summed E-state index contributed by atoms with van der Waals surface area (Å²) in [5, 5.41) is 10.3. The van der Waals surface area contributed by atoms with Crippen LogP contribution in [0.2, 0.25) is 0 Å². The van der Waals surface area contributed by atoms with Gasteiger partial charge in [0.15, 0.2) is 0 Å². The zero-order valence-corrected chi connectivity index (χ0v) is 15.7. The molecule has 0 unspecified atom stereocenters. The SMILES string of the molecule is CCCN(Cc1ccc(C)cc1C)C[C@H](O)COCc1ccccc1. The van der Waals surface area contributed by atoms with Gasteiger partial charge in [0.05, 0.1) is 19.3 Å². The van der Waals surface area contributed by atoms with Gasteiger partial charge >= 0.3 is 0 Å². The fourth-order valence-corrected chi connectivity index (χ4v) is 3.05. The van der Waals surface area contributed by atoms with E-state index in [1.807, 2.05) is 30.3 Å². The molecular formula is C22H31NO2. The van der Waals surface area contributed by atoms with Crippen molar-refractivity contribution >= 4 is 0 Å². The Bertz CT molecular complexity index is 627. The highest BCUT2D eigenvalue weighted by Gasteiger charge is 2.13. The Balaban J connectivity index is 1.82. The monoisotopic (exact) mass is 341 g/mol. The van der Waals surface area contributed by atoms with Gasteiger partial charge in [-0.1, -0.05) is 61.0 Å². The summed E-state index contributed by atoms with van der Waals surface area (Å²) >= 11 is 0. The molecule has 1 N–H and O–H groups in total.